The maximum atomic E-state index is 12.2. The van der Waals surface area contributed by atoms with Crippen molar-refractivity contribution >= 4 is 10.0 Å². The molecule has 0 saturated heterocycles. The van der Waals surface area contributed by atoms with Crippen LogP contribution in [0.4, 0.5) is 0 Å². The molecule has 1 heterocycles. The van der Waals surface area contributed by atoms with Gasteiger partial charge in [-0.1, -0.05) is 29.8 Å². The average Bonchev–Trinajstić information content (AvgIpc) is 2.47. The Labute approximate surface area is 124 Å². The summed E-state index contributed by atoms with van der Waals surface area (Å²) in [7, 11) is -3.66. The summed E-state index contributed by atoms with van der Waals surface area (Å²) in [5, 5.41) is 8.67. The number of pyridine rings is 1. The van der Waals surface area contributed by atoms with E-state index in [-0.39, 0.29) is 16.6 Å². The number of sulfonamides is 1. The van der Waals surface area contributed by atoms with Crippen LogP contribution >= 0.6 is 0 Å². The van der Waals surface area contributed by atoms with E-state index in [2.05, 4.69) is 9.71 Å². The first-order valence-electron chi connectivity index (χ1n) is 6.37. The molecule has 0 aliphatic carbocycles. The van der Waals surface area contributed by atoms with Crippen molar-refractivity contribution < 1.29 is 8.42 Å². The van der Waals surface area contributed by atoms with Gasteiger partial charge in [-0.25, -0.2) is 18.1 Å². The lowest BCUT2D eigenvalue weighted by Gasteiger charge is -2.14. The highest BCUT2D eigenvalue weighted by atomic mass is 32.2. The lowest BCUT2D eigenvalue weighted by molar-refractivity contribution is 0.566. The summed E-state index contributed by atoms with van der Waals surface area (Å²) in [6.45, 7) is 3.75. The molecule has 0 bridgehead atoms. The monoisotopic (exact) mass is 301 g/mol. The highest BCUT2D eigenvalue weighted by molar-refractivity contribution is 7.89. The van der Waals surface area contributed by atoms with Crippen molar-refractivity contribution in [2.24, 2.45) is 0 Å². The van der Waals surface area contributed by atoms with E-state index in [0.717, 1.165) is 11.1 Å². The van der Waals surface area contributed by atoms with Crippen molar-refractivity contribution in [2.75, 3.05) is 0 Å². The third-order valence-electron chi connectivity index (χ3n) is 3.07. The van der Waals surface area contributed by atoms with E-state index < -0.39 is 10.0 Å². The predicted octanol–water partition coefficient (Wildman–Crippen LogP) is 2.30. The van der Waals surface area contributed by atoms with Crippen molar-refractivity contribution in [3.05, 3.63) is 59.4 Å². The number of nitrogens with zero attached hydrogens (tertiary/aromatic N) is 2. The smallest absolute Gasteiger partial charge is 0.242 e. The van der Waals surface area contributed by atoms with Gasteiger partial charge >= 0.3 is 0 Å². The van der Waals surface area contributed by atoms with Gasteiger partial charge < -0.3 is 0 Å². The van der Waals surface area contributed by atoms with Gasteiger partial charge in [0.2, 0.25) is 10.0 Å². The highest BCUT2D eigenvalue weighted by Gasteiger charge is 2.18. The number of aryl methyl sites for hydroxylation is 1. The fourth-order valence-electron chi connectivity index (χ4n) is 1.83. The van der Waals surface area contributed by atoms with E-state index in [1.54, 1.807) is 6.92 Å². The Bertz CT molecular complexity index is 760. The molecule has 5 nitrogen and oxygen atoms in total. The average molecular weight is 301 g/mol. The van der Waals surface area contributed by atoms with Crippen LogP contribution in [-0.2, 0) is 10.0 Å². The maximum absolute atomic E-state index is 12.2. The molecule has 1 aromatic heterocycles. The standard InChI is InChI=1S/C15H15N3O2S/c1-11-3-5-13(6-4-11)12(2)18-21(19,20)15-8-7-14(9-16)17-10-15/h3-8,10,12,18H,1-2H3. The minimum absolute atomic E-state index is 0.0421. The number of hydrogen-bond donors (Lipinski definition) is 1. The molecule has 6 heteroatoms. The summed E-state index contributed by atoms with van der Waals surface area (Å²) in [5.41, 5.74) is 2.18. The molecule has 108 valence electrons. The van der Waals surface area contributed by atoms with Crippen LogP contribution < -0.4 is 4.72 Å². The first-order valence-corrected chi connectivity index (χ1v) is 7.86. The second-order valence-corrected chi connectivity index (χ2v) is 6.46. The van der Waals surface area contributed by atoms with Crippen LogP contribution in [0.5, 0.6) is 0 Å². The largest absolute Gasteiger partial charge is 0.244 e. The van der Waals surface area contributed by atoms with Crippen LogP contribution in [0.25, 0.3) is 0 Å². The topological polar surface area (TPSA) is 82.9 Å². The lowest BCUT2D eigenvalue weighted by atomic mass is 10.1. The summed E-state index contributed by atoms with van der Waals surface area (Å²) in [6, 6.07) is 11.9. The van der Waals surface area contributed by atoms with Gasteiger partial charge in [0, 0.05) is 12.2 Å². The first kappa shape index (κ1) is 15.2. The zero-order valence-corrected chi connectivity index (χ0v) is 12.6. The molecule has 1 atom stereocenters. The van der Waals surface area contributed by atoms with Gasteiger partial charge in [-0.3, -0.25) is 0 Å². The van der Waals surface area contributed by atoms with Crippen molar-refractivity contribution in [3.63, 3.8) is 0 Å². The Balaban J connectivity index is 2.20. The Morgan fingerprint density at radius 3 is 2.38 bits per heavy atom. The fourth-order valence-corrected chi connectivity index (χ4v) is 3.01. The number of aromatic nitrogens is 1. The molecule has 2 rings (SSSR count). The van der Waals surface area contributed by atoms with Gasteiger partial charge in [0.05, 0.1) is 0 Å². The van der Waals surface area contributed by atoms with E-state index in [9.17, 15) is 8.42 Å². The number of hydrogen-bond acceptors (Lipinski definition) is 4. The van der Waals surface area contributed by atoms with E-state index in [1.807, 2.05) is 37.3 Å². The Hall–Kier alpha value is -2.23. The SMILES string of the molecule is Cc1ccc(C(C)NS(=O)(=O)c2ccc(C#N)nc2)cc1. The minimum atomic E-state index is -3.66. The van der Waals surface area contributed by atoms with Crippen molar-refractivity contribution in [1.82, 2.24) is 9.71 Å². The predicted molar refractivity (Wildman–Crippen MR) is 78.9 cm³/mol. The Kier molecular flexibility index (Phi) is 4.36. The van der Waals surface area contributed by atoms with Crippen LogP contribution in [0.15, 0.2) is 47.5 Å². The molecule has 1 aromatic carbocycles. The van der Waals surface area contributed by atoms with Gasteiger partial charge in [0.15, 0.2) is 0 Å². The molecule has 0 radical (unpaired) electrons. The van der Waals surface area contributed by atoms with Crippen LogP contribution in [0, 0.1) is 18.3 Å². The van der Waals surface area contributed by atoms with Gasteiger partial charge in [-0.15, -0.1) is 0 Å². The molecule has 1 N–H and O–H groups in total. The first-order chi connectivity index (χ1) is 9.92. The maximum Gasteiger partial charge on any atom is 0.242 e. The zero-order chi connectivity index (χ0) is 15.5. The van der Waals surface area contributed by atoms with Gasteiger partial charge in [0.25, 0.3) is 0 Å². The quantitative estimate of drug-likeness (QED) is 0.939. The van der Waals surface area contributed by atoms with Crippen LogP contribution in [0.3, 0.4) is 0 Å². The van der Waals surface area contributed by atoms with E-state index in [1.165, 1.54) is 18.3 Å². The molecule has 0 saturated carbocycles. The molecule has 2 aromatic rings. The van der Waals surface area contributed by atoms with Gasteiger partial charge in [-0.05, 0) is 31.5 Å². The Morgan fingerprint density at radius 1 is 1.19 bits per heavy atom. The van der Waals surface area contributed by atoms with Crippen LogP contribution in [0.2, 0.25) is 0 Å². The van der Waals surface area contributed by atoms with E-state index in [0.29, 0.717) is 0 Å². The molecule has 0 amide bonds. The summed E-state index contributed by atoms with van der Waals surface area (Å²) in [5.74, 6) is 0. The third-order valence-corrected chi connectivity index (χ3v) is 4.60. The van der Waals surface area contributed by atoms with Gasteiger partial charge in [-0.2, -0.15) is 5.26 Å². The molecule has 0 fully saturated rings. The minimum Gasteiger partial charge on any atom is -0.244 e. The van der Waals surface area contributed by atoms with E-state index >= 15 is 0 Å². The molecule has 1 unspecified atom stereocenters. The number of nitriles is 1. The van der Waals surface area contributed by atoms with Crippen molar-refractivity contribution in [2.45, 2.75) is 24.8 Å². The van der Waals surface area contributed by atoms with E-state index in [4.69, 9.17) is 5.26 Å². The molecular weight excluding hydrogens is 286 g/mol. The number of benzene rings is 1. The van der Waals surface area contributed by atoms with Crippen LogP contribution in [0.1, 0.15) is 29.8 Å². The highest BCUT2D eigenvalue weighted by Crippen LogP contribution is 2.17. The summed E-state index contributed by atoms with van der Waals surface area (Å²) < 4.78 is 27.1. The molecule has 0 aliphatic heterocycles. The summed E-state index contributed by atoms with van der Waals surface area (Å²) >= 11 is 0. The van der Waals surface area contributed by atoms with Crippen LogP contribution in [-0.4, -0.2) is 13.4 Å². The third kappa shape index (κ3) is 3.66. The van der Waals surface area contributed by atoms with Gasteiger partial charge in [0.1, 0.15) is 16.7 Å². The second-order valence-electron chi connectivity index (χ2n) is 4.74. The van der Waals surface area contributed by atoms with Crippen molar-refractivity contribution in [1.29, 1.82) is 5.26 Å². The molecule has 0 spiro atoms. The normalized spacial score (nSPS) is 12.6. The fraction of sp³-hybridized carbons (Fsp3) is 0.200. The van der Waals surface area contributed by atoms with Crippen molar-refractivity contribution in [3.8, 4) is 6.07 Å². The number of rotatable bonds is 4. The second kappa shape index (κ2) is 6.04. The summed E-state index contributed by atoms with van der Waals surface area (Å²) in [4.78, 5) is 3.82. The Morgan fingerprint density at radius 2 is 1.86 bits per heavy atom. The molecule has 21 heavy (non-hydrogen) atoms. The summed E-state index contributed by atoms with van der Waals surface area (Å²) in [6.07, 6.45) is 1.18. The molecular formula is C15H15N3O2S. The number of nitrogens with one attached hydrogen (secondary N) is 1. The zero-order valence-electron chi connectivity index (χ0n) is 11.7. The molecule has 0 aliphatic rings. The lowest BCUT2D eigenvalue weighted by Crippen LogP contribution is -2.27.